The van der Waals surface area contributed by atoms with Gasteiger partial charge in [-0.05, 0) is 107 Å². The fourth-order valence-electron chi connectivity index (χ4n) is 9.24. The number of pyridine rings is 3. The second-order valence-corrected chi connectivity index (χ2v) is 21.2. The van der Waals surface area contributed by atoms with E-state index in [9.17, 15) is 5.11 Å². The molecule has 6 heterocycles. The molecule has 0 fully saturated rings. The number of ether oxygens (including phenoxy) is 3. The number of fused-ring (bicyclic) bond motifs is 9. The number of rotatable bonds is 18. The highest BCUT2D eigenvalue weighted by Gasteiger charge is 2.27. The molecule has 0 amide bonds. The van der Waals surface area contributed by atoms with E-state index >= 15 is 0 Å². The summed E-state index contributed by atoms with van der Waals surface area (Å²) in [6.45, 7) is 32.8. The van der Waals surface area contributed by atoms with Crippen LogP contribution in [0.4, 0.5) is 17.5 Å². The Balaban J connectivity index is 0.000000161. The minimum absolute atomic E-state index is 0.138. The van der Waals surface area contributed by atoms with Crippen LogP contribution in [0.1, 0.15) is 109 Å². The van der Waals surface area contributed by atoms with Crippen molar-refractivity contribution in [2.24, 2.45) is 5.92 Å². The first-order chi connectivity index (χ1) is 34.7. The first kappa shape index (κ1) is 54.3. The zero-order valence-electron chi connectivity index (χ0n) is 45.5. The van der Waals surface area contributed by atoms with Crippen LogP contribution in [0, 0.1) is 5.92 Å². The van der Waals surface area contributed by atoms with Gasteiger partial charge in [-0.3, -0.25) is 0 Å². The monoisotopic (exact) mass is 995 g/mol. The smallest absolute Gasteiger partial charge is 0.155 e. The molecule has 9 rings (SSSR count). The molecular weight excluding hydrogens is 917 g/mol. The van der Waals surface area contributed by atoms with Crippen molar-refractivity contribution in [2.45, 2.75) is 159 Å². The van der Waals surface area contributed by atoms with Gasteiger partial charge in [0, 0.05) is 48.0 Å². The van der Waals surface area contributed by atoms with Gasteiger partial charge >= 0.3 is 0 Å². The maximum atomic E-state index is 10.5. The van der Waals surface area contributed by atoms with Crippen LogP contribution in [-0.2, 0) is 47.1 Å². The third-order valence-electron chi connectivity index (χ3n) is 11.7. The molecule has 16 nitrogen and oxygen atoms in total. The number of hydrogen-bond acceptors (Lipinski definition) is 13. The molecule has 9 aromatic rings. The summed E-state index contributed by atoms with van der Waals surface area (Å²) in [6.07, 6.45) is 2.07. The van der Waals surface area contributed by atoms with Crippen molar-refractivity contribution in [1.82, 2.24) is 43.6 Å². The van der Waals surface area contributed by atoms with Gasteiger partial charge in [-0.15, -0.1) is 0 Å². The van der Waals surface area contributed by atoms with Crippen LogP contribution in [0.25, 0.3) is 65.8 Å². The summed E-state index contributed by atoms with van der Waals surface area (Å²) in [5.41, 5.74) is 13.4. The number of anilines is 3. The van der Waals surface area contributed by atoms with Gasteiger partial charge in [0.1, 0.15) is 41.4 Å². The number of nitrogens with two attached hydrogens (primary N) is 1. The third kappa shape index (κ3) is 13.0. The molecule has 0 radical (unpaired) electrons. The van der Waals surface area contributed by atoms with Gasteiger partial charge in [0.2, 0.25) is 0 Å². The van der Waals surface area contributed by atoms with Crippen LogP contribution in [0.2, 0.25) is 0 Å². The summed E-state index contributed by atoms with van der Waals surface area (Å²) in [5.74, 6) is 4.30. The third-order valence-corrected chi connectivity index (χ3v) is 11.7. The predicted octanol–water partition coefficient (Wildman–Crippen LogP) is 11.7. The Morgan fingerprint density at radius 1 is 0.589 bits per heavy atom. The Hall–Kier alpha value is -6.46. The molecule has 3 aromatic carbocycles. The lowest BCUT2D eigenvalue weighted by atomic mass is 10.1. The lowest BCUT2D eigenvalue weighted by molar-refractivity contribution is -0.0655. The average molecular weight is 995 g/mol. The highest BCUT2D eigenvalue weighted by molar-refractivity contribution is 6.08. The van der Waals surface area contributed by atoms with Crippen LogP contribution in [-0.4, -0.2) is 91.3 Å². The van der Waals surface area contributed by atoms with E-state index in [-0.39, 0.29) is 17.7 Å². The summed E-state index contributed by atoms with van der Waals surface area (Å²) in [6, 6.07) is 24.9. The van der Waals surface area contributed by atoms with Crippen molar-refractivity contribution in [3.8, 4) is 0 Å². The van der Waals surface area contributed by atoms with E-state index in [4.69, 9.17) is 39.9 Å². The van der Waals surface area contributed by atoms with Gasteiger partial charge in [-0.25, -0.2) is 29.9 Å². The number of nitrogen functional groups attached to an aromatic ring is 1. The number of aliphatic hydroxyl groups is 1. The number of aromatic nitrogens is 9. The Labute approximate surface area is 430 Å². The SMILES string of the molecule is CC(C)Cn1cnc2c(NC(C)C)nc3ccccc3c21.CCOCc1nc2c(N)nc3ccccc3c2n1CC(C)(C)OC(C)C.CCOCc1nc2c(NC(C)C)nc3ccccc3c2n1CC(C)(C)O. The van der Waals surface area contributed by atoms with Crippen molar-refractivity contribution < 1.29 is 19.3 Å². The molecule has 0 aliphatic heterocycles. The van der Waals surface area contributed by atoms with Crippen LogP contribution >= 0.6 is 0 Å². The molecule has 73 heavy (non-hydrogen) atoms. The van der Waals surface area contributed by atoms with Gasteiger partial charge in [-0.1, -0.05) is 68.4 Å². The molecule has 16 heteroatoms. The number of imidazole rings is 3. The van der Waals surface area contributed by atoms with Gasteiger partial charge < -0.3 is 49.4 Å². The van der Waals surface area contributed by atoms with Gasteiger partial charge in [-0.2, -0.15) is 0 Å². The summed E-state index contributed by atoms with van der Waals surface area (Å²) in [4.78, 5) is 28.3. The molecule has 0 saturated heterocycles. The summed E-state index contributed by atoms with van der Waals surface area (Å²) >= 11 is 0. The second-order valence-electron chi connectivity index (χ2n) is 21.2. The summed E-state index contributed by atoms with van der Waals surface area (Å²) in [5, 5.41) is 20.5. The van der Waals surface area contributed by atoms with Crippen molar-refractivity contribution in [1.29, 1.82) is 0 Å². The molecular formula is C57H78N12O4. The number of nitrogens with one attached hydrogen (secondary N) is 2. The van der Waals surface area contributed by atoms with Crippen LogP contribution in [0.5, 0.6) is 0 Å². The molecule has 0 bridgehead atoms. The zero-order chi connectivity index (χ0) is 52.8. The molecule has 6 aromatic heterocycles. The lowest BCUT2D eigenvalue weighted by Gasteiger charge is -2.29. The molecule has 390 valence electrons. The molecule has 0 atom stereocenters. The average Bonchev–Trinajstić information content (AvgIpc) is 4.01. The molecule has 0 spiro atoms. The Morgan fingerprint density at radius 2 is 1.04 bits per heavy atom. The van der Waals surface area contributed by atoms with Crippen LogP contribution < -0.4 is 16.4 Å². The molecule has 0 saturated carbocycles. The zero-order valence-corrected chi connectivity index (χ0v) is 45.5. The highest BCUT2D eigenvalue weighted by atomic mass is 16.5. The van der Waals surface area contributed by atoms with E-state index in [1.54, 1.807) is 13.8 Å². The Kier molecular flexibility index (Phi) is 17.2. The van der Waals surface area contributed by atoms with Gasteiger partial charge in [0.15, 0.2) is 17.5 Å². The van der Waals surface area contributed by atoms with Crippen molar-refractivity contribution >= 4 is 83.3 Å². The Bertz CT molecular complexity index is 3290. The van der Waals surface area contributed by atoms with Crippen molar-refractivity contribution in [3.63, 3.8) is 0 Å². The first-order valence-electron chi connectivity index (χ1n) is 25.8. The lowest BCUT2D eigenvalue weighted by Crippen LogP contribution is -2.34. The predicted molar refractivity (Wildman–Crippen MR) is 299 cm³/mol. The topological polar surface area (TPSA) is 190 Å². The molecule has 0 aliphatic rings. The Morgan fingerprint density at radius 3 is 1.52 bits per heavy atom. The standard InChI is InChI=1S/2C20H28N4O2.C17H22N4/c1-6-25-11-16-23-17-18(24(16)12-20(4,5)26-13(2)3)14-9-7-8-10-15(14)22-19(17)21;1-6-26-11-16-23-17-18(24(16)12-20(4,5)25)14-9-7-8-10-15(14)22-19(17)21-13(2)3;1-11(2)9-21-10-18-15-16(21)13-7-5-6-8-14(13)20-17(15)19-12(3)4/h7-10,13H,6,11-12H2,1-5H3,(H2,21,22);7-10,13,25H,6,11-12H2,1-5H3,(H,21,22);5-8,10-12H,9H2,1-4H3,(H,19,20). The summed E-state index contributed by atoms with van der Waals surface area (Å²) in [7, 11) is 0. The van der Waals surface area contributed by atoms with Crippen LogP contribution in [0.15, 0.2) is 79.1 Å². The van der Waals surface area contributed by atoms with E-state index in [1.807, 2.05) is 76.5 Å². The van der Waals surface area contributed by atoms with Gasteiger partial charge in [0.05, 0.1) is 69.8 Å². The first-order valence-corrected chi connectivity index (χ1v) is 25.8. The maximum absolute atomic E-state index is 10.5. The maximum Gasteiger partial charge on any atom is 0.155 e. The normalized spacial score (nSPS) is 12.3. The minimum Gasteiger partial charge on any atom is -0.389 e. The van der Waals surface area contributed by atoms with Crippen LogP contribution in [0.3, 0.4) is 0 Å². The molecule has 5 N–H and O–H groups in total. The second kappa shape index (κ2) is 23.2. The van der Waals surface area contributed by atoms with E-state index in [0.29, 0.717) is 57.3 Å². The number of benzene rings is 3. The quantitative estimate of drug-likeness (QED) is 0.0636. The molecule has 0 aliphatic carbocycles. The molecule has 0 unspecified atom stereocenters. The minimum atomic E-state index is -0.870. The van der Waals surface area contributed by atoms with Crippen molar-refractivity contribution in [3.05, 3.63) is 90.8 Å². The number of hydrogen-bond donors (Lipinski definition) is 4. The van der Waals surface area contributed by atoms with Crippen molar-refractivity contribution in [2.75, 3.05) is 29.6 Å². The van der Waals surface area contributed by atoms with E-state index in [1.165, 1.54) is 10.9 Å². The van der Waals surface area contributed by atoms with E-state index in [0.717, 1.165) is 84.7 Å². The highest BCUT2D eigenvalue weighted by Crippen LogP contribution is 2.34. The fourth-order valence-corrected chi connectivity index (χ4v) is 9.24. The fraction of sp³-hybridized carbons (Fsp3) is 0.474. The van der Waals surface area contributed by atoms with E-state index < -0.39 is 5.60 Å². The number of para-hydroxylation sites is 3. The number of nitrogens with zero attached hydrogens (tertiary/aromatic N) is 9. The summed E-state index contributed by atoms with van der Waals surface area (Å²) < 4.78 is 23.9. The van der Waals surface area contributed by atoms with Gasteiger partial charge in [0.25, 0.3) is 0 Å². The van der Waals surface area contributed by atoms with E-state index in [2.05, 4.69) is 120 Å². The largest absolute Gasteiger partial charge is 0.389 e.